The van der Waals surface area contributed by atoms with Crippen molar-refractivity contribution in [3.8, 4) is 11.5 Å². The fourth-order valence-corrected chi connectivity index (χ4v) is 4.43. The molecule has 0 fully saturated rings. The van der Waals surface area contributed by atoms with E-state index in [2.05, 4.69) is 36.6 Å². The van der Waals surface area contributed by atoms with Crippen molar-refractivity contribution in [2.24, 2.45) is 11.5 Å². The molecule has 2 aromatic heterocycles. The van der Waals surface area contributed by atoms with Gasteiger partial charge in [0.25, 0.3) is 0 Å². The quantitative estimate of drug-likeness (QED) is 0.0449. The number of aliphatic hydroxyl groups excluding tert-OH is 1. The van der Waals surface area contributed by atoms with Gasteiger partial charge in [-0.15, -0.1) is 9.89 Å². The first-order valence-corrected chi connectivity index (χ1v) is 15.3. The highest BCUT2D eigenvalue weighted by Gasteiger charge is 2.17. The second kappa shape index (κ2) is 19.2. The van der Waals surface area contributed by atoms with Gasteiger partial charge in [0.1, 0.15) is 18.4 Å². The predicted molar refractivity (Wildman–Crippen MR) is 193 cm³/mol. The molecule has 5 rings (SSSR count). The Hall–Kier alpha value is -7.02. The molecule has 0 saturated heterocycles. The molecule has 0 amide bonds. The summed E-state index contributed by atoms with van der Waals surface area (Å²) in [6.45, 7) is 0.184. The number of carboxylic acids is 2. The smallest absolute Gasteiger partial charge is 0.337 e. The molecule has 20 heteroatoms. The molecule has 4 aromatic rings. The van der Waals surface area contributed by atoms with Gasteiger partial charge in [-0.05, 0) is 52.4 Å². The topological polar surface area (TPSA) is 280 Å². The lowest BCUT2D eigenvalue weighted by Crippen LogP contribution is -2.19. The van der Waals surface area contributed by atoms with E-state index in [0.29, 0.717) is 57.8 Å². The molecule has 3 heterocycles. The van der Waals surface area contributed by atoms with Crippen molar-refractivity contribution < 1.29 is 39.2 Å². The van der Waals surface area contributed by atoms with Crippen LogP contribution in [-0.4, -0.2) is 91.2 Å². The Morgan fingerprint density at radius 3 is 2.31 bits per heavy atom. The van der Waals surface area contributed by atoms with Crippen molar-refractivity contribution in [2.45, 2.75) is 6.42 Å². The molecule has 0 radical (unpaired) electrons. The van der Waals surface area contributed by atoms with Crippen LogP contribution in [0.25, 0.3) is 11.9 Å². The number of halogens is 1. The summed E-state index contributed by atoms with van der Waals surface area (Å²) in [7, 11) is 4.64. The first kappa shape index (κ1) is 39.4. The number of imidazole rings is 1. The zero-order valence-electron chi connectivity index (χ0n) is 28.0. The molecule has 0 atom stereocenters. The van der Waals surface area contributed by atoms with Gasteiger partial charge in [0.05, 0.1) is 41.9 Å². The van der Waals surface area contributed by atoms with Gasteiger partial charge in [-0.1, -0.05) is 11.6 Å². The normalized spacial score (nSPS) is 12.6. The molecule has 1 aliphatic rings. The molecule has 0 spiro atoms. The van der Waals surface area contributed by atoms with E-state index in [1.807, 2.05) is 0 Å². The van der Waals surface area contributed by atoms with Crippen LogP contribution in [0.15, 0.2) is 78.9 Å². The van der Waals surface area contributed by atoms with Crippen LogP contribution in [0.1, 0.15) is 32.1 Å². The van der Waals surface area contributed by atoms with E-state index >= 15 is 0 Å². The van der Waals surface area contributed by atoms with Gasteiger partial charge < -0.3 is 46.9 Å². The number of nitrogens with zero attached hydrogens (tertiary/aromatic N) is 6. The Bertz CT molecular complexity index is 1990. The molecule has 0 unspecified atom stereocenters. The van der Waals surface area contributed by atoms with Crippen LogP contribution >= 0.6 is 11.6 Å². The number of carbonyl (C=O) groups is 3. The summed E-state index contributed by atoms with van der Waals surface area (Å²) in [6, 6.07) is 5.97. The molecule has 52 heavy (non-hydrogen) atoms. The van der Waals surface area contributed by atoms with E-state index in [-0.39, 0.29) is 29.2 Å². The average Bonchev–Trinajstić information content (AvgIpc) is 3.87. The fourth-order valence-electron chi connectivity index (χ4n) is 4.17. The van der Waals surface area contributed by atoms with Crippen LogP contribution < -0.4 is 37.0 Å². The first-order chi connectivity index (χ1) is 24.9. The number of allylic oxidation sites excluding steroid dienone is 4. The number of benzene rings is 2. The minimum absolute atomic E-state index is 0.0588. The summed E-state index contributed by atoms with van der Waals surface area (Å²) in [5, 5.41) is 43.9. The third kappa shape index (κ3) is 10.7. The number of hydrogen-bond acceptors (Lipinski definition) is 15. The van der Waals surface area contributed by atoms with Crippen LogP contribution in [0.5, 0.6) is 11.5 Å². The number of tetrazole rings is 1. The number of nitrogens with two attached hydrogens (primary N) is 2. The summed E-state index contributed by atoms with van der Waals surface area (Å²) in [5.74, 6) is -0.463. The minimum atomic E-state index is -1.09. The second-order valence-corrected chi connectivity index (χ2v) is 10.5. The number of nitrogens with one attached hydrogen (secondary N) is 3. The van der Waals surface area contributed by atoms with Crippen LogP contribution in [0, 0.1) is 0 Å². The van der Waals surface area contributed by atoms with Crippen LogP contribution in [0.4, 0.5) is 11.4 Å². The largest absolute Gasteiger partial charge is 0.513 e. The van der Waals surface area contributed by atoms with Crippen molar-refractivity contribution in [3.63, 3.8) is 0 Å². The number of aldehydes is 1. The maximum atomic E-state index is 11.4. The van der Waals surface area contributed by atoms with Crippen LogP contribution in [0.3, 0.4) is 0 Å². The van der Waals surface area contributed by atoms with Gasteiger partial charge in [-0.2, -0.15) is 0 Å². The standard InChI is InChI=1S/C19H21ClN2O6.C8H10N4O.C5H5N5O/c1-21-14-8-13(20)10(6-11(14)18(23)24)4-5-28-17-9-15(22-2)12(19(25)26)7-16(17)27-3;9-7(5-13)1-2-8(10)12-4-3-11-6-12;11-3-4-1-2-5-6-8-9-10(5)7-4/h6-9,21-22H,4-5H2,1-3H3,(H,23,24)(H,25,26);1-6H,9-10H2;1-3,7,11H/b;7-1-,8-2+;4-3-. The van der Waals surface area contributed by atoms with Crippen LogP contribution in [0.2, 0.25) is 5.02 Å². The second-order valence-electron chi connectivity index (χ2n) is 10.1. The number of aliphatic hydroxyl groups is 1. The van der Waals surface area contributed by atoms with E-state index in [4.69, 9.17) is 37.6 Å². The number of carbonyl (C=O) groups excluding carboxylic acids is 1. The first-order valence-electron chi connectivity index (χ1n) is 14.9. The lowest BCUT2D eigenvalue weighted by Gasteiger charge is -2.15. The third-order valence-corrected chi connectivity index (χ3v) is 7.14. The highest BCUT2D eigenvalue weighted by atomic mass is 35.5. The molecule has 10 N–H and O–H groups in total. The Kier molecular flexibility index (Phi) is 14.6. The zero-order valence-corrected chi connectivity index (χ0v) is 28.8. The number of anilines is 2. The SMILES string of the molecule is CNc1cc(Cl)c(CCOc2cc(NC)c(C(=O)O)cc2OC)cc1C(=O)O.N/C(C=O)=C\C=C(/N)n1ccnc1.O/C=C1/C=Cc2nnnn2N1. The van der Waals surface area contributed by atoms with Crippen molar-refractivity contribution in [2.75, 3.05) is 43.9 Å². The lowest BCUT2D eigenvalue weighted by atomic mass is 10.1. The van der Waals surface area contributed by atoms with Gasteiger partial charge in [0.2, 0.25) is 0 Å². The van der Waals surface area contributed by atoms with E-state index in [9.17, 15) is 24.6 Å². The van der Waals surface area contributed by atoms with E-state index in [0.717, 1.165) is 6.26 Å². The van der Waals surface area contributed by atoms with Crippen molar-refractivity contribution >= 4 is 53.1 Å². The van der Waals surface area contributed by atoms with Crippen molar-refractivity contribution in [1.29, 1.82) is 0 Å². The van der Waals surface area contributed by atoms with Crippen LogP contribution in [-0.2, 0) is 11.2 Å². The molecule has 274 valence electrons. The number of fused-ring (bicyclic) bond motifs is 1. The monoisotopic (exact) mass is 737 g/mol. The number of aromatic carboxylic acids is 2. The average molecular weight is 738 g/mol. The number of hydrogen-bond donors (Lipinski definition) is 8. The van der Waals surface area contributed by atoms with Gasteiger partial charge in [-0.3, -0.25) is 14.8 Å². The molecule has 19 nitrogen and oxygen atoms in total. The highest BCUT2D eigenvalue weighted by molar-refractivity contribution is 6.32. The van der Waals surface area contributed by atoms with E-state index in [1.54, 1.807) is 55.6 Å². The third-order valence-electron chi connectivity index (χ3n) is 6.78. The summed E-state index contributed by atoms with van der Waals surface area (Å²) >= 11 is 6.24. The molecule has 0 saturated carbocycles. The number of aromatic nitrogens is 6. The van der Waals surface area contributed by atoms with Crippen molar-refractivity contribution in [3.05, 3.63) is 106 Å². The molecule has 0 aliphatic carbocycles. The van der Waals surface area contributed by atoms with E-state index in [1.165, 1.54) is 42.3 Å². The molecule has 0 bridgehead atoms. The highest BCUT2D eigenvalue weighted by Crippen LogP contribution is 2.34. The summed E-state index contributed by atoms with van der Waals surface area (Å²) in [5.41, 5.74) is 15.9. The molecule has 1 aliphatic heterocycles. The van der Waals surface area contributed by atoms with Crippen molar-refractivity contribution in [1.82, 2.24) is 29.9 Å². The fraction of sp³-hybridized carbons (Fsp3) is 0.156. The van der Waals surface area contributed by atoms with Gasteiger partial charge in [-0.25, -0.2) is 14.6 Å². The van der Waals surface area contributed by atoms with Gasteiger partial charge in [0.15, 0.2) is 23.6 Å². The summed E-state index contributed by atoms with van der Waals surface area (Å²) in [6.07, 6.45) is 13.0. The number of rotatable bonds is 12. The van der Waals surface area contributed by atoms with Gasteiger partial charge in [0, 0.05) is 55.8 Å². The lowest BCUT2D eigenvalue weighted by molar-refractivity contribution is -0.105. The molecule has 2 aromatic carbocycles. The zero-order chi connectivity index (χ0) is 38.2. The number of methoxy groups -OCH3 is 1. The van der Waals surface area contributed by atoms with Gasteiger partial charge >= 0.3 is 11.9 Å². The number of ether oxygens (including phenoxy) is 2. The Balaban J connectivity index is 0.000000248. The number of carboxylic acid groups (broad SMARTS) is 2. The Labute approximate surface area is 301 Å². The maximum absolute atomic E-state index is 11.4. The van der Waals surface area contributed by atoms with E-state index < -0.39 is 11.9 Å². The molecular weight excluding hydrogens is 702 g/mol. The molecular formula is C32H36ClN11O8. The minimum Gasteiger partial charge on any atom is -0.513 e. The predicted octanol–water partition coefficient (Wildman–Crippen LogP) is 2.77. The maximum Gasteiger partial charge on any atom is 0.337 e. The summed E-state index contributed by atoms with van der Waals surface area (Å²) in [4.78, 5) is 38.0. The Morgan fingerprint density at radius 1 is 1.02 bits per heavy atom. The Morgan fingerprint density at radius 2 is 1.71 bits per heavy atom. The summed E-state index contributed by atoms with van der Waals surface area (Å²) < 4.78 is 12.6.